The lowest BCUT2D eigenvalue weighted by atomic mass is 10.1. The van der Waals surface area contributed by atoms with Gasteiger partial charge in [-0.15, -0.1) is 10.2 Å². The van der Waals surface area contributed by atoms with Crippen LogP contribution in [-0.4, -0.2) is 38.4 Å². The van der Waals surface area contributed by atoms with E-state index in [1.54, 1.807) is 0 Å². The largest absolute Gasteiger partial charge is 0.370 e. The van der Waals surface area contributed by atoms with E-state index in [2.05, 4.69) is 43.2 Å². The van der Waals surface area contributed by atoms with Gasteiger partial charge in [-0.2, -0.15) is 0 Å². The molecule has 1 unspecified atom stereocenters. The SMILES string of the molecule is CC(C)Cn1c(CCC(N)=O)nnc1SCC(=O)NC(C)C(C)C. The van der Waals surface area contributed by atoms with Crippen LogP contribution in [0.1, 0.15) is 46.9 Å². The lowest BCUT2D eigenvalue weighted by molar-refractivity contribution is -0.119. The average molecular weight is 356 g/mol. The summed E-state index contributed by atoms with van der Waals surface area (Å²) in [5.41, 5.74) is 5.21. The second-order valence-electron chi connectivity index (χ2n) is 6.76. The van der Waals surface area contributed by atoms with Crippen molar-refractivity contribution in [3.05, 3.63) is 5.82 Å². The van der Waals surface area contributed by atoms with Crippen LogP contribution in [0.2, 0.25) is 0 Å². The van der Waals surface area contributed by atoms with Crippen LogP contribution in [-0.2, 0) is 22.6 Å². The molecule has 24 heavy (non-hydrogen) atoms. The number of hydrogen-bond acceptors (Lipinski definition) is 5. The van der Waals surface area contributed by atoms with Gasteiger partial charge in [-0.25, -0.2) is 0 Å². The normalized spacial score (nSPS) is 12.6. The first-order valence-electron chi connectivity index (χ1n) is 8.33. The molecule has 0 aliphatic heterocycles. The maximum atomic E-state index is 12.0. The summed E-state index contributed by atoms with van der Waals surface area (Å²) in [6.07, 6.45) is 0.708. The highest BCUT2D eigenvalue weighted by molar-refractivity contribution is 7.99. The van der Waals surface area contributed by atoms with E-state index in [-0.39, 0.29) is 24.3 Å². The molecule has 136 valence electrons. The summed E-state index contributed by atoms with van der Waals surface area (Å²) in [6.45, 7) is 11.1. The fraction of sp³-hybridized carbons (Fsp3) is 0.750. The third-order valence-corrected chi connectivity index (χ3v) is 4.62. The van der Waals surface area contributed by atoms with Gasteiger partial charge in [-0.05, 0) is 18.8 Å². The van der Waals surface area contributed by atoms with E-state index in [4.69, 9.17) is 5.73 Å². The number of rotatable bonds is 10. The van der Waals surface area contributed by atoms with E-state index >= 15 is 0 Å². The number of nitrogens with zero attached hydrogens (tertiary/aromatic N) is 3. The van der Waals surface area contributed by atoms with E-state index in [0.29, 0.717) is 29.2 Å². The predicted molar refractivity (Wildman–Crippen MR) is 95.5 cm³/mol. The van der Waals surface area contributed by atoms with Crippen molar-refractivity contribution in [1.82, 2.24) is 20.1 Å². The average Bonchev–Trinajstić information content (AvgIpc) is 2.84. The van der Waals surface area contributed by atoms with E-state index in [1.165, 1.54) is 11.8 Å². The van der Waals surface area contributed by atoms with Crippen LogP contribution in [0.15, 0.2) is 5.16 Å². The number of carbonyl (C=O) groups is 2. The molecule has 0 saturated carbocycles. The van der Waals surface area contributed by atoms with Crippen LogP contribution in [0, 0.1) is 11.8 Å². The first-order valence-corrected chi connectivity index (χ1v) is 9.31. The lowest BCUT2D eigenvalue weighted by Gasteiger charge is -2.17. The van der Waals surface area contributed by atoms with Gasteiger partial charge in [0, 0.05) is 25.4 Å². The number of thioether (sulfide) groups is 1. The second-order valence-corrected chi connectivity index (χ2v) is 7.70. The van der Waals surface area contributed by atoms with E-state index < -0.39 is 0 Å². The van der Waals surface area contributed by atoms with Gasteiger partial charge in [-0.3, -0.25) is 9.59 Å². The second kappa shape index (κ2) is 9.66. The van der Waals surface area contributed by atoms with Gasteiger partial charge < -0.3 is 15.6 Å². The summed E-state index contributed by atoms with van der Waals surface area (Å²) in [5, 5.41) is 12.0. The summed E-state index contributed by atoms with van der Waals surface area (Å²) in [5.74, 6) is 1.46. The van der Waals surface area contributed by atoms with Crippen molar-refractivity contribution in [3.63, 3.8) is 0 Å². The fourth-order valence-corrected chi connectivity index (χ4v) is 2.76. The summed E-state index contributed by atoms with van der Waals surface area (Å²) >= 11 is 1.37. The van der Waals surface area contributed by atoms with Crippen molar-refractivity contribution >= 4 is 23.6 Å². The highest BCUT2D eigenvalue weighted by Gasteiger charge is 2.17. The number of carbonyl (C=O) groups excluding carboxylic acids is 2. The Balaban J connectivity index is 2.72. The Morgan fingerprint density at radius 1 is 1.21 bits per heavy atom. The zero-order chi connectivity index (χ0) is 18.3. The monoisotopic (exact) mass is 355 g/mol. The maximum absolute atomic E-state index is 12.0. The molecule has 0 aliphatic rings. The molecular formula is C16H29N5O2S. The molecule has 1 atom stereocenters. The van der Waals surface area contributed by atoms with Gasteiger partial charge in [-0.1, -0.05) is 39.5 Å². The fourth-order valence-electron chi connectivity index (χ4n) is 1.99. The van der Waals surface area contributed by atoms with Gasteiger partial charge in [0.1, 0.15) is 5.82 Å². The Morgan fingerprint density at radius 3 is 2.42 bits per heavy atom. The zero-order valence-corrected chi connectivity index (χ0v) is 16.0. The minimum atomic E-state index is -0.356. The van der Waals surface area contributed by atoms with Crippen LogP contribution in [0.25, 0.3) is 0 Å². The number of hydrogen-bond donors (Lipinski definition) is 2. The highest BCUT2D eigenvalue weighted by Crippen LogP contribution is 2.19. The molecule has 0 aliphatic carbocycles. The Hall–Kier alpha value is -1.57. The molecule has 1 aromatic heterocycles. The maximum Gasteiger partial charge on any atom is 0.230 e. The standard InChI is InChI=1S/C16H29N5O2S/c1-10(2)8-21-14(7-6-13(17)22)19-20-16(21)24-9-15(23)18-12(5)11(3)4/h10-12H,6-9H2,1-5H3,(H2,17,22)(H,18,23). The number of aryl methyl sites for hydroxylation is 1. The number of nitrogens with one attached hydrogen (secondary N) is 1. The van der Waals surface area contributed by atoms with Gasteiger partial charge in [0.25, 0.3) is 0 Å². The van der Waals surface area contributed by atoms with Crippen molar-refractivity contribution in [2.45, 2.75) is 65.2 Å². The molecule has 7 nitrogen and oxygen atoms in total. The predicted octanol–water partition coefficient (Wildman–Crippen LogP) is 1.60. The Kier molecular flexibility index (Phi) is 8.24. The summed E-state index contributed by atoms with van der Waals surface area (Å²) in [7, 11) is 0. The third kappa shape index (κ3) is 6.90. The Labute approximate surface area is 148 Å². The summed E-state index contributed by atoms with van der Waals surface area (Å²) < 4.78 is 1.98. The quantitative estimate of drug-likeness (QED) is 0.621. The van der Waals surface area contributed by atoms with Crippen LogP contribution in [0.3, 0.4) is 0 Å². The minimum Gasteiger partial charge on any atom is -0.370 e. The molecule has 0 radical (unpaired) electrons. The summed E-state index contributed by atoms with van der Waals surface area (Å²) in [4.78, 5) is 23.0. The molecule has 0 bridgehead atoms. The Bertz CT molecular complexity index is 557. The molecule has 0 saturated heterocycles. The van der Waals surface area contributed by atoms with Gasteiger partial charge in [0.15, 0.2) is 5.16 Å². The third-order valence-electron chi connectivity index (χ3n) is 3.66. The molecule has 1 heterocycles. The molecular weight excluding hydrogens is 326 g/mol. The van der Waals surface area contributed by atoms with Gasteiger partial charge >= 0.3 is 0 Å². The van der Waals surface area contributed by atoms with E-state index in [0.717, 1.165) is 12.4 Å². The first-order chi connectivity index (χ1) is 11.2. The van der Waals surface area contributed by atoms with Gasteiger partial charge in [0.2, 0.25) is 11.8 Å². The summed E-state index contributed by atoms with van der Waals surface area (Å²) in [6, 6.07) is 0.137. The molecule has 8 heteroatoms. The van der Waals surface area contributed by atoms with Gasteiger partial charge in [0.05, 0.1) is 5.75 Å². The number of aromatic nitrogens is 3. The molecule has 2 amide bonds. The van der Waals surface area contributed by atoms with E-state index in [9.17, 15) is 9.59 Å². The number of amides is 2. The topological polar surface area (TPSA) is 103 Å². The van der Waals surface area contributed by atoms with E-state index in [1.807, 2.05) is 11.5 Å². The van der Waals surface area contributed by atoms with Crippen molar-refractivity contribution < 1.29 is 9.59 Å². The van der Waals surface area contributed by atoms with Crippen molar-refractivity contribution in [1.29, 1.82) is 0 Å². The van der Waals surface area contributed by atoms with Crippen LogP contribution >= 0.6 is 11.8 Å². The van der Waals surface area contributed by atoms with Crippen molar-refractivity contribution in [3.8, 4) is 0 Å². The number of nitrogens with two attached hydrogens (primary N) is 1. The lowest BCUT2D eigenvalue weighted by Crippen LogP contribution is -2.37. The van der Waals surface area contributed by atoms with Crippen LogP contribution in [0.5, 0.6) is 0 Å². The molecule has 1 aromatic rings. The molecule has 3 N–H and O–H groups in total. The Morgan fingerprint density at radius 2 is 1.88 bits per heavy atom. The van der Waals surface area contributed by atoms with Crippen molar-refractivity contribution in [2.75, 3.05) is 5.75 Å². The van der Waals surface area contributed by atoms with Crippen LogP contribution < -0.4 is 11.1 Å². The zero-order valence-electron chi connectivity index (χ0n) is 15.2. The minimum absolute atomic E-state index is 0.0148. The van der Waals surface area contributed by atoms with Crippen LogP contribution in [0.4, 0.5) is 0 Å². The molecule has 0 aromatic carbocycles. The molecule has 1 rings (SSSR count). The smallest absolute Gasteiger partial charge is 0.230 e. The first kappa shape index (κ1) is 20.5. The molecule has 0 fully saturated rings. The molecule has 0 spiro atoms. The number of primary amides is 1. The highest BCUT2D eigenvalue weighted by atomic mass is 32.2. The van der Waals surface area contributed by atoms with Crippen molar-refractivity contribution in [2.24, 2.45) is 17.6 Å².